The summed E-state index contributed by atoms with van der Waals surface area (Å²) in [6.45, 7) is 3.18. The number of nitrogens with zero attached hydrogens (tertiary/aromatic N) is 1. The van der Waals surface area contributed by atoms with Gasteiger partial charge in [0.1, 0.15) is 11.6 Å². The van der Waals surface area contributed by atoms with Crippen LogP contribution in [0.1, 0.15) is 18.4 Å². The Morgan fingerprint density at radius 2 is 2.00 bits per heavy atom. The molecule has 0 spiro atoms. The third kappa shape index (κ3) is 4.41. The van der Waals surface area contributed by atoms with E-state index in [2.05, 4.69) is 10.2 Å². The smallest absolute Gasteiger partial charge is 0.130 e. The first-order valence-electron chi connectivity index (χ1n) is 6.50. The van der Waals surface area contributed by atoms with Gasteiger partial charge in [0.2, 0.25) is 0 Å². The van der Waals surface area contributed by atoms with E-state index in [-0.39, 0.29) is 18.0 Å². The summed E-state index contributed by atoms with van der Waals surface area (Å²) in [5.74, 6) is -0.296. The second-order valence-electron chi connectivity index (χ2n) is 5.00. The lowest BCUT2D eigenvalue weighted by atomic mass is 9.97. The highest BCUT2D eigenvalue weighted by atomic mass is 35.5. The van der Waals surface area contributed by atoms with E-state index in [0.29, 0.717) is 12.5 Å². The molecule has 1 unspecified atom stereocenters. The normalized spacial score (nSPS) is 20.1. The largest absolute Gasteiger partial charge is 0.319 e. The number of rotatable bonds is 4. The van der Waals surface area contributed by atoms with Crippen LogP contribution in [-0.2, 0) is 6.54 Å². The van der Waals surface area contributed by atoms with Gasteiger partial charge < -0.3 is 5.32 Å². The van der Waals surface area contributed by atoms with Crippen LogP contribution in [0.15, 0.2) is 18.2 Å². The summed E-state index contributed by atoms with van der Waals surface area (Å²) >= 11 is 0. The third-order valence-electron chi connectivity index (χ3n) is 3.54. The molecule has 0 aliphatic carbocycles. The molecule has 1 atom stereocenters. The van der Waals surface area contributed by atoms with Crippen molar-refractivity contribution in [1.29, 1.82) is 0 Å². The Labute approximate surface area is 119 Å². The van der Waals surface area contributed by atoms with Crippen LogP contribution in [0.4, 0.5) is 8.78 Å². The number of halogens is 3. The summed E-state index contributed by atoms with van der Waals surface area (Å²) in [6, 6.07) is 4.06. The highest BCUT2D eigenvalue weighted by Crippen LogP contribution is 2.20. The number of benzene rings is 1. The van der Waals surface area contributed by atoms with E-state index in [9.17, 15) is 8.78 Å². The van der Waals surface area contributed by atoms with Crippen molar-refractivity contribution in [2.75, 3.05) is 26.7 Å². The molecule has 0 amide bonds. The van der Waals surface area contributed by atoms with E-state index in [1.807, 2.05) is 7.05 Å². The molecule has 5 heteroatoms. The van der Waals surface area contributed by atoms with Gasteiger partial charge in [0.25, 0.3) is 0 Å². The second kappa shape index (κ2) is 7.78. The fraction of sp³-hybridized carbons (Fsp3) is 0.571. The lowest BCUT2D eigenvalue weighted by Crippen LogP contribution is -2.38. The average molecular weight is 291 g/mol. The molecule has 1 aromatic rings. The molecule has 0 saturated carbocycles. The highest BCUT2D eigenvalue weighted by molar-refractivity contribution is 5.85. The first-order valence-corrected chi connectivity index (χ1v) is 6.50. The van der Waals surface area contributed by atoms with Crippen molar-refractivity contribution < 1.29 is 8.78 Å². The molecule has 2 rings (SSSR count). The van der Waals surface area contributed by atoms with Gasteiger partial charge in [-0.15, -0.1) is 12.4 Å². The van der Waals surface area contributed by atoms with Gasteiger partial charge in [-0.25, -0.2) is 8.78 Å². The summed E-state index contributed by atoms with van der Waals surface area (Å²) in [6.07, 6.45) is 2.29. The molecule has 1 saturated heterocycles. The Morgan fingerprint density at radius 3 is 2.63 bits per heavy atom. The van der Waals surface area contributed by atoms with Gasteiger partial charge in [0.05, 0.1) is 0 Å². The third-order valence-corrected chi connectivity index (χ3v) is 3.54. The molecule has 1 fully saturated rings. The number of likely N-dealkylation sites (tertiary alicyclic amines) is 1. The van der Waals surface area contributed by atoms with Gasteiger partial charge >= 0.3 is 0 Å². The molecule has 19 heavy (non-hydrogen) atoms. The van der Waals surface area contributed by atoms with Crippen LogP contribution in [0.25, 0.3) is 0 Å². The first kappa shape index (κ1) is 16.3. The summed E-state index contributed by atoms with van der Waals surface area (Å²) in [7, 11) is 1.94. The lowest BCUT2D eigenvalue weighted by Gasteiger charge is -2.32. The number of nitrogens with one attached hydrogen (secondary N) is 1. The topological polar surface area (TPSA) is 15.3 Å². The fourth-order valence-electron chi connectivity index (χ4n) is 2.66. The van der Waals surface area contributed by atoms with Gasteiger partial charge in [0, 0.05) is 18.7 Å². The van der Waals surface area contributed by atoms with Crippen LogP contribution in [0.2, 0.25) is 0 Å². The summed E-state index contributed by atoms with van der Waals surface area (Å²) < 4.78 is 27.1. The lowest BCUT2D eigenvalue weighted by molar-refractivity contribution is 0.163. The Morgan fingerprint density at radius 1 is 1.32 bits per heavy atom. The monoisotopic (exact) mass is 290 g/mol. The number of hydrogen-bond donors (Lipinski definition) is 1. The molecule has 0 aromatic heterocycles. The Bertz CT molecular complexity index is 379. The predicted octanol–water partition coefficient (Wildman–Crippen LogP) is 2.82. The minimum atomic E-state index is -0.439. The van der Waals surface area contributed by atoms with Crippen LogP contribution < -0.4 is 5.32 Å². The van der Waals surface area contributed by atoms with Crippen molar-refractivity contribution in [3.63, 3.8) is 0 Å². The second-order valence-corrected chi connectivity index (χ2v) is 5.00. The van der Waals surface area contributed by atoms with Crippen LogP contribution in [0, 0.1) is 17.6 Å². The Kier molecular flexibility index (Phi) is 6.69. The predicted molar refractivity (Wildman–Crippen MR) is 75.5 cm³/mol. The van der Waals surface area contributed by atoms with Crippen LogP contribution in [0.3, 0.4) is 0 Å². The quantitative estimate of drug-likeness (QED) is 0.917. The minimum absolute atomic E-state index is 0. The number of piperidine rings is 1. The van der Waals surface area contributed by atoms with Gasteiger partial charge in [-0.1, -0.05) is 6.07 Å². The van der Waals surface area contributed by atoms with Gasteiger partial charge in [-0.05, 0) is 51.0 Å². The van der Waals surface area contributed by atoms with E-state index in [1.54, 1.807) is 0 Å². The molecule has 1 aliphatic rings. The van der Waals surface area contributed by atoms with Crippen molar-refractivity contribution in [2.24, 2.45) is 5.92 Å². The molecule has 0 radical (unpaired) electrons. The Hall–Kier alpha value is -0.710. The van der Waals surface area contributed by atoms with Gasteiger partial charge in [-0.2, -0.15) is 0 Å². The van der Waals surface area contributed by atoms with Crippen molar-refractivity contribution >= 4 is 12.4 Å². The standard InChI is InChI=1S/C14H20F2N2.ClH/c1-17-8-11-4-3-7-18(9-11)10-12-13(15)5-2-6-14(12)16;/h2,5-6,11,17H,3-4,7-10H2,1H3;1H. The summed E-state index contributed by atoms with van der Waals surface area (Å²) in [5.41, 5.74) is 0.197. The molecule has 1 aromatic carbocycles. The van der Waals surface area contributed by atoms with Crippen LogP contribution in [0.5, 0.6) is 0 Å². The molecule has 2 nitrogen and oxygen atoms in total. The zero-order valence-corrected chi connectivity index (χ0v) is 12.0. The molecule has 1 heterocycles. The van der Waals surface area contributed by atoms with Crippen molar-refractivity contribution in [2.45, 2.75) is 19.4 Å². The van der Waals surface area contributed by atoms with Gasteiger partial charge in [0.15, 0.2) is 0 Å². The van der Waals surface area contributed by atoms with E-state index in [1.165, 1.54) is 24.6 Å². The minimum Gasteiger partial charge on any atom is -0.319 e. The summed E-state index contributed by atoms with van der Waals surface area (Å²) in [4.78, 5) is 2.15. The van der Waals surface area contributed by atoms with Crippen LogP contribution in [-0.4, -0.2) is 31.6 Å². The summed E-state index contributed by atoms with van der Waals surface area (Å²) in [5, 5.41) is 3.17. The molecule has 0 bridgehead atoms. The zero-order chi connectivity index (χ0) is 13.0. The van der Waals surface area contributed by atoms with E-state index in [0.717, 1.165) is 26.1 Å². The van der Waals surface area contributed by atoms with E-state index < -0.39 is 11.6 Å². The fourth-order valence-corrected chi connectivity index (χ4v) is 2.66. The van der Waals surface area contributed by atoms with Crippen molar-refractivity contribution in [1.82, 2.24) is 10.2 Å². The zero-order valence-electron chi connectivity index (χ0n) is 11.2. The number of hydrogen-bond acceptors (Lipinski definition) is 2. The van der Waals surface area contributed by atoms with Crippen molar-refractivity contribution in [3.05, 3.63) is 35.4 Å². The maximum absolute atomic E-state index is 13.6. The maximum atomic E-state index is 13.6. The average Bonchev–Trinajstić information content (AvgIpc) is 2.35. The van der Waals surface area contributed by atoms with Crippen LogP contribution >= 0.6 is 12.4 Å². The SMILES string of the molecule is CNCC1CCCN(Cc2c(F)cccc2F)C1.Cl. The molecular weight excluding hydrogens is 270 g/mol. The maximum Gasteiger partial charge on any atom is 0.130 e. The first-order chi connectivity index (χ1) is 8.70. The van der Waals surface area contributed by atoms with Crippen molar-refractivity contribution in [3.8, 4) is 0 Å². The van der Waals surface area contributed by atoms with E-state index >= 15 is 0 Å². The highest BCUT2D eigenvalue weighted by Gasteiger charge is 2.21. The molecule has 108 valence electrons. The molecule has 1 aliphatic heterocycles. The van der Waals surface area contributed by atoms with E-state index in [4.69, 9.17) is 0 Å². The molecular formula is C14H21ClF2N2. The van der Waals surface area contributed by atoms with Gasteiger partial charge in [-0.3, -0.25) is 4.90 Å². The molecule has 1 N–H and O–H groups in total. The Balaban J connectivity index is 0.00000180.